The Balaban J connectivity index is 1.68. The van der Waals surface area contributed by atoms with Crippen LogP contribution in [0.15, 0.2) is 36.5 Å². The molecule has 30 heavy (non-hydrogen) atoms. The number of urea groups is 1. The molecule has 2 N–H and O–H groups in total. The molecule has 1 aromatic carbocycles. The summed E-state index contributed by atoms with van der Waals surface area (Å²) in [6.45, 7) is 6.58. The first kappa shape index (κ1) is 22.1. The van der Waals surface area contributed by atoms with Crippen LogP contribution < -0.4 is 15.4 Å². The fourth-order valence-electron chi connectivity index (χ4n) is 3.35. The third-order valence-electron chi connectivity index (χ3n) is 5.01. The Labute approximate surface area is 177 Å². The number of aryl methyl sites for hydroxylation is 1. The number of carbonyl (C=O) groups is 1. The number of halogens is 1. The Bertz CT molecular complexity index is 808. The predicted octanol–water partition coefficient (Wildman–Crippen LogP) is 2.87. The maximum Gasteiger partial charge on any atom is 0.318 e. The Hall–Kier alpha value is -2.61. The molecular formula is C22H32FN5O2. The molecule has 1 fully saturated rings. The van der Waals surface area contributed by atoms with Gasteiger partial charge in [0.2, 0.25) is 0 Å². The van der Waals surface area contributed by atoms with Gasteiger partial charge < -0.3 is 20.3 Å². The molecule has 2 aromatic rings. The van der Waals surface area contributed by atoms with E-state index < -0.39 is 12.2 Å². The van der Waals surface area contributed by atoms with E-state index in [0.29, 0.717) is 38.6 Å². The van der Waals surface area contributed by atoms with Crippen molar-refractivity contribution >= 4 is 6.03 Å². The fraction of sp³-hybridized carbons (Fsp3) is 0.545. The molecule has 0 radical (unpaired) electrons. The topological polar surface area (TPSA) is 71.4 Å². The zero-order chi connectivity index (χ0) is 21.5. The van der Waals surface area contributed by atoms with E-state index in [1.807, 2.05) is 43.6 Å². The highest BCUT2D eigenvalue weighted by atomic mass is 19.1. The van der Waals surface area contributed by atoms with Crippen molar-refractivity contribution in [3.8, 4) is 5.75 Å². The van der Waals surface area contributed by atoms with Gasteiger partial charge in [0.05, 0.1) is 24.9 Å². The highest BCUT2D eigenvalue weighted by molar-refractivity contribution is 5.74. The van der Waals surface area contributed by atoms with Gasteiger partial charge in [0, 0.05) is 26.3 Å². The Morgan fingerprint density at radius 3 is 2.73 bits per heavy atom. The molecule has 0 aliphatic carbocycles. The van der Waals surface area contributed by atoms with E-state index in [9.17, 15) is 9.18 Å². The van der Waals surface area contributed by atoms with Crippen LogP contribution >= 0.6 is 0 Å². The minimum Gasteiger partial charge on any atom is -0.493 e. The summed E-state index contributed by atoms with van der Waals surface area (Å²) in [4.78, 5) is 14.7. The average Bonchev–Trinajstić information content (AvgIpc) is 3.13. The second-order valence-electron chi connectivity index (χ2n) is 8.25. The number of nitrogens with zero attached hydrogens (tertiary/aromatic N) is 3. The van der Waals surface area contributed by atoms with Crippen LogP contribution in [-0.2, 0) is 20.1 Å². The van der Waals surface area contributed by atoms with Crippen molar-refractivity contribution in [2.75, 3.05) is 19.7 Å². The zero-order valence-corrected chi connectivity index (χ0v) is 18.0. The van der Waals surface area contributed by atoms with Gasteiger partial charge in [-0.05, 0) is 42.6 Å². The van der Waals surface area contributed by atoms with E-state index in [1.165, 1.54) is 0 Å². The van der Waals surface area contributed by atoms with E-state index in [0.717, 1.165) is 17.0 Å². The molecule has 8 heteroatoms. The first-order chi connectivity index (χ1) is 14.4. The molecular weight excluding hydrogens is 385 g/mol. The molecule has 0 saturated carbocycles. The molecule has 164 valence electrons. The van der Waals surface area contributed by atoms with E-state index in [2.05, 4.69) is 29.6 Å². The van der Waals surface area contributed by atoms with E-state index in [1.54, 1.807) is 9.58 Å². The number of ether oxygens (including phenoxy) is 1. The van der Waals surface area contributed by atoms with Gasteiger partial charge >= 0.3 is 6.03 Å². The highest BCUT2D eigenvalue weighted by Gasteiger charge is 2.28. The lowest BCUT2D eigenvalue weighted by molar-refractivity contribution is 0.163. The summed E-state index contributed by atoms with van der Waals surface area (Å²) in [6.07, 6.45) is 1.33. The van der Waals surface area contributed by atoms with E-state index >= 15 is 0 Å². The van der Waals surface area contributed by atoms with Gasteiger partial charge in [-0.25, -0.2) is 9.18 Å². The molecule has 2 heterocycles. The molecule has 2 amide bonds. The van der Waals surface area contributed by atoms with E-state index in [4.69, 9.17) is 4.74 Å². The van der Waals surface area contributed by atoms with Crippen molar-refractivity contribution < 1.29 is 13.9 Å². The van der Waals surface area contributed by atoms with Crippen LogP contribution in [0.3, 0.4) is 0 Å². The summed E-state index contributed by atoms with van der Waals surface area (Å²) in [7, 11) is 1.84. The SMILES string of the molecule is CC(C)COc1ccc(CN(Cc2ccn(C)n2)C(=O)N[C@@H]2CCNC[C@H]2F)cc1. The van der Waals surface area contributed by atoms with Gasteiger partial charge in [-0.3, -0.25) is 4.68 Å². The number of rotatable bonds is 8. The summed E-state index contributed by atoms with van der Waals surface area (Å²) in [6, 6.07) is 8.86. The monoisotopic (exact) mass is 417 g/mol. The van der Waals surface area contributed by atoms with Gasteiger partial charge in [-0.15, -0.1) is 0 Å². The molecule has 0 unspecified atom stereocenters. The van der Waals surface area contributed by atoms with Crippen molar-refractivity contribution in [2.45, 2.75) is 45.6 Å². The van der Waals surface area contributed by atoms with Crippen molar-refractivity contribution in [1.29, 1.82) is 0 Å². The second-order valence-corrected chi connectivity index (χ2v) is 8.25. The molecule has 7 nitrogen and oxygen atoms in total. The molecule has 1 aliphatic heterocycles. The van der Waals surface area contributed by atoms with Gasteiger partial charge in [0.1, 0.15) is 11.9 Å². The van der Waals surface area contributed by atoms with Crippen molar-refractivity contribution in [2.24, 2.45) is 13.0 Å². The number of hydrogen-bond acceptors (Lipinski definition) is 4. The summed E-state index contributed by atoms with van der Waals surface area (Å²) >= 11 is 0. The third-order valence-corrected chi connectivity index (χ3v) is 5.01. The lowest BCUT2D eigenvalue weighted by Gasteiger charge is -2.30. The average molecular weight is 418 g/mol. The number of benzene rings is 1. The number of carbonyl (C=O) groups excluding carboxylic acids is 1. The minimum atomic E-state index is -1.09. The Morgan fingerprint density at radius 2 is 2.10 bits per heavy atom. The first-order valence-corrected chi connectivity index (χ1v) is 10.5. The van der Waals surface area contributed by atoms with Gasteiger partial charge in [0.25, 0.3) is 0 Å². The summed E-state index contributed by atoms with van der Waals surface area (Å²) in [5, 5.41) is 10.3. The molecule has 1 aliphatic rings. The summed E-state index contributed by atoms with van der Waals surface area (Å²) in [5.41, 5.74) is 1.76. The largest absolute Gasteiger partial charge is 0.493 e. The number of aromatic nitrogens is 2. The zero-order valence-electron chi connectivity index (χ0n) is 18.0. The van der Waals surface area contributed by atoms with Crippen LogP contribution in [0, 0.1) is 5.92 Å². The fourth-order valence-corrected chi connectivity index (χ4v) is 3.35. The van der Waals surface area contributed by atoms with Crippen LogP contribution in [0.4, 0.5) is 9.18 Å². The number of piperidine rings is 1. The first-order valence-electron chi connectivity index (χ1n) is 10.5. The maximum absolute atomic E-state index is 14.2. The number of hydrogen-bond donors (Lipinski definition) is 2. The molecule has 0 spiro atoms. The molecule has 0 bridgehead atoms. The van der Waals surface area contributed by atoms with Crippen LogP contribution in [0.1, 0.15) is 31.5 Å². The van der Waals surface area contributed by atoms with Crippen LogP contribution in [-0.4, -0.2) is 52.6 Å². The van der Waals surface area contributed by atoms with Crippen molar-refractivity contribution in [3.63, 3.8) is 0 Å². The van der Waals surface area contributed by atoms with Gasteiger partial charge in [0.15, 0.2) is 0 Å². The van der Waals surface area contributed by atoms with Crippen LogP contribution in [0.2, 0.25) is 0 Å². The Morgan fingerprint density at radius 1 is 1.33 bits per heavy atom. The van der Waals surface area contributed by atoms with Crippen LogP contribution in [0.25, 0.3) is 0 Å². The van der Waals surface area contributed by atoms with E-state index in [-0.39, 0.29) is 12.6 Å². The molecule has 1 saturated heterocycles. The van der Waals surface area contributed by atoms with Crippen LogP contribution in [0.5, 0.6) is 5.75 Å². The van der Waals surface area contributed by atoms with Crippen molar-refractivity contribution in [3.05, 3.63) is 47.8 Å². The lowest BCUT2D eigenvalue weighted by atomic mass is 10.1. The third kappa shape index (κ3) is 6.45. The smallest absolute Gasteiger partial charge is 0.318 e. The lowest BCUT2D eigenvalue weighted by Crippen LogP contribution is -2.53. The molecule has 1 aromatic heterocycles. The second kappa shape index (κ2) is 10.4. The summed E-state index contributed by atoms with van der Waals surface area (Å²) in [5.74, 6) is 1.26. The normalized spacial score (nSPS) is 19.0. The summed E-state index contributed by atoms with van der Waals surface area (Å²) < 4.78 is 21.6. The minimum absolute atomic E-state index is 0.267. The molecule has 2 atom stereocenters. The van der Waals surface area contributed by atoms with Crippen molar-refractivity contribution in [1.82, 2.24) is 25.3 Å². The highest BCUT2D eigenvalue weighted by Crippen LogP contribution is 2.17. The quantitative estimate of drug-likeness (QED) is 0.693. The van der Waals surface area contributed by atoms with Gasteiger partial charge in [-0.1, -0.05) is 26.0 Å². The maximum atomic E-state index is 14.2. The predicted molar refractivity (Wildman–Crippen MR) is 114 cm³/mol. The number of amides is 2. The standard InChI is InChI=1S/C22H32FN5O2/c1-16(2)15-30-19-6-4-17(5-7-19)13-28(14-18-9-11-27(3)26-18)22(29)25-21-8-10-24-12-20(21)23/h4-7,9,11,16,20-21,24H,8,10,12-15H2,1-3H3,(H,25,29)/t20-,21-/m1/s1. The Kier molecular flexibility index (Phi) is 7.68. The molecule has 3 rings (SSSR count). The van der Waals surface area contributed by atoms with Gasteiger partial charge in [-0.2, -0.15) is 5.10 Å². The number of alkyl halides is 1. The number of nitrogens with one attached hydrogen (secondary N) is 2.